The minimum Gasteiger partial charge on any atom is -0.495 e. The molecule has 0 aliphatic rings. The Morgan fingerprint density at radius 1 is 1.37 bits per heavy atom. The Morgan fingerprint density at radius 2 is 2.05 bits per heavy atom. The van der Waals surface area contributed by atoms with Crippen LogP contribution < -0.4 is 10.5 Å². The molecule has 19 heavy (non-hydrogen) atoms. The number of sulfone groups is 1. The Balaban J connectivity index is 2.71. The molecule has 2 aromatic rings. The van der Waals surface area contributed by atoms with Gasteiger partial charge in [0.05, 0.1) is 12.8 Å². The molecule has 0 atom stereocenters. The predicted molar refractivity (Wildman–Crippen MR) is 72.7 cm³/mol. The number of rotatable bonds is 3. The molecule has 0 fully saturated rings. The third kappa shape index (κ3) is 2.41. The second-order valence-electron chi connectivity index (χ2n) is 4.19. The number of para-hydroxylation sites is 1. The maximum atomic E-state index is 11.7. The van der Waals surface area contributed by atoms with E-state index in [2.05, 4.69) is 5.10 Å². The molecule has 0 saturated carbocycles. The van der Waals surface area contributed by atoms with Crippen LogP contribution in [0.25, 0.3) is 11.3 Å². The zero-order valence-corrected chi connectivity index (χ0v) is 11.7. The normalized spacial score (nSPS) is 11.5. The van der Waals surface area contributed by atoms with Crippen LogP contribution in [0.5, 0.6) is 5.75 Å². The first-order chi connectivity index (χ1) is 8.84. The molecule has 2 N–H and O–H groups in total. The zero-order chi connectivity index (χ0) is 14.2. The summed E-state index contributed by atoms with van der Waals surface area (Å²) in [6.07, 6.45) is 1.14. The van der Waals surface area contributed by atoms with Gasteiger partial charge in [-0.2, -0.15) is 5.10 Å². The second-order valence-corrected chi connectivity index (χ2v) is 6.17. The average Bonchev–Trinajstić information content (AvgIpc) is 2.67. The van der Waals surface area contributed by atoms with E-state index >= 15 is 0 Å². The van der Waals surface area contributed by atoms with Gasteiger partial charge in [-0.05, 0) is 12.1 Å². The molecule has 1 aromatic heterocycles. The molecule has 0 aliphatic heterocycles. The van der Waals surface area contributed by atoms with Crippen LogP contribution >= 0.6 is 0 Å². The molecular weight excluding hydrogens is 266 g/mol. The first-order valence-electron chi connectivity index (χ1n) is 5.51. The number of benzene rings is 1. The van der Waals surface area contributed by atoms with E-state index in [1.54, 1.807) is 25.2 Å². The van der Waals surface area contributed by atoms with Gasteiger partial charge in [-0.3, -0.25) is 4.68 Å². The SMILES string of the molecule is COc1c(-c2cc(N)n(C)n2)cccc1S(C)(=O)=O. The Labute approximate surface area is 111 Å². The quantitative estimate of drug-likeness (QED) is 0.909. The molecule has 102 valence electrons. The minimum absolute atomic E-state index is 0.136. The first-order valence-corrected chi connectivity index (χ1v) is 7.40. The number of anilines is 1. The molecule has 0 unspecified atom stereocenters. The van der Waals surface area contributed by atoms with Gasteiger partial charge >= 0.3 is 0 Å². The third-order valence-electron chi connectivity index (χ3n) is 2.77. The fourth-order valence-electron chi connectivity index (χ4n) is 1.83. The molecule has 0 radical (unpaired) electrons. The number of hydrogen-bond acceptors (Lipinski definition) is 5. The van der Waals surface area contributed by atoms with E-state index in [0.717, 1.165) is 6.26 Å². The Morgan fingerprint density at radius 3 is 2.53 bits per heavy atom. The highest BCUT2D eigenvalue weighted by Gasteiger charge is 2.19. The average molecular weight is 281 g/mol. The van der Waals surface area contributed by atoms with Gasteiger partial charge in [0, 0.05) is 24.9 Å². The summed E-state index contributed by atoms with van der Waals surface area (Å²) >= 11 is 0. The van der Waals surface area contributed by atoms with Gasteiger partial charge in [-0.25, -0.2) is 8.42 Å². The lowest BCUT2D eigenvalue weighted by Crippen LogP contribution is -2.02. The summed E-state index contributed by atoms with van der Waals surface area (Å²) in [6, 6.07) is 6.57. The number of aryl methyl sites for hydroxylation is 1. The van der Waals surface area contributed by atoms with Crippen molar-refractivity contribution >= 4 is 15.7 Å². The maximum absolute atomic E-state index is 11.7. The van der Waals surface area contributed by atoms with Crippen molar-refractivity contribution in [2.75, 3.05) is 19.1 Å². The summed E-state index contributed by atoms with van der Waals surface area (Å²) in [4.78, 5) is 0.136. The van der Waals surface area contributed by atoms with Crippen molar-refractivity contribution in [1.29, 1.82) is 0 Å². The molecule has 0 bridgehead atoms. The maximum Gasteiger partial charge on any atom is 0.179 e. The van der Waals surface area contributed by atoms with Gasteiger partial charge < -0.3 is 10.5 Å². The predicted octanol–water partition coefficient (Wildman–Crippen LogP) is 1.08. The molecule has 0 saturated heterocycles. The van der Waals surface area contributed by atoms with E-state index in [-0.39, 0.29) is 10.6 Å². The van der Waals surface area contributed by atoms with E-state index in [4.69, 9.17) is 10.5 Å². The minimum atomic E-state index is -3.37. The number of nitrogens with two attached hydrogens (primary N) is 1. The number of nitrogen functional groups attached to an aromatic ring is 1. The summed E-state index contributed by atoms with van der Waals surface area (Å²) in [5, 5.41) is 4.23. The van der Waals surface area contributed by atoms with Crippen molar-refractivity contribution in [3.63, 3.8) is 0 Å². The number of methoxy groups -OCH3 is 1. The van der Waals surface area contributed by atoms with Gasteiger partial charge in [0.25, 0.3) is 0 Å². The molecular formula is C12H15N3O3S. The van der Waals surface area contributed by atoms with E-state index in [1.807, 2.05) is 0 Å². The van der Waals surface area contributed by atoms with Crippen molar-refractivity contribution < 1.29 is 13.2 Å². The van der Waals surface area contributed by atoms with Crippen LogP contribution in [0.4, 0.5) is 5.82 Å². The second kappa shape index (κ2) is 4.58. The van der Waals surface area contributed by atoms with Crippen molar-refractivity contribution in [2.24, 2.45) is 7.05 Å². The smallest absolute Gasteiger partial charge is 0.179 e. The van der Waals surface area contributed by atoms with Gasteiger partial charge in [0.1, 0.15) is 16.5 Å². The fraction of sp³-hybridized carbons (Fsp3) is 0.250. The van der Waals surface area contributed by atoms with E-state index in [0.29, 0.717) is 17.1 Å². The van der Waals surface area contributed by atoms with Gasteiger partial charge in [-0.15, -0.1) is 0 Å². The number of ether oxygens (including phenoxy) is 1. The standard InChI is InChI=1S/C12H15N3O3S/c1-15-11(13)7-9(14-15)8-5-4-6-10(12(8)18-2)19(3,16)17/h4-7H,13H2,1-3H3. The van der Waals surface area contributed by atoms with Crippen LogP contribution in [-0.2, 0) is 16.9 Å². The van der Waals surface area contributed by atoms with Crippen molar-refractivity contribution in [3.05, 3.63) is 24.3 Å². The summed E-state index contributed by atoms with van der Waals surface area (Å²) in [5.74, 6) is 0.768. The highest BCUT2D eigenvalue weighted by atomic mass is 32.2. The molecule has 2 rings (SSSR count). The molecule has 7 heteroatoms. The topological polar surface area (TPSA) is 87.2 Å². The molecule has 1 aromatic carbocycles. The van der Waals surface area contributed by atoms with Crippen LogP contribution in [0, 0.1) is 0 Å². The van der Waals surface area contributed by atoms with Crippen molar-refractivity contribution in [2.45, 2.75) is 4.90 Å². The largest absolute Gasteiger partial charge is 0.495 e. The molecule has 0 aliphatic carbocycles. The number of hydrogen-bond donors (Lipinski definition) is 1. The van der Waals surface area contributed by atoms with Crippen LogP contribution in [0.3, 0.4) is 0 Å². The Kier molecular flexibility index (Phi) is 3.23. The Hall–Kier alpha value is -2.02. The summed E-state index contributed by atoms with van der Waals surface area (Å²) < 4.78 is 30.2. The van der Waals surface area contributed by atoms with E-state index in [9.17, 15) is 8.42 Å². The lowest BCUT2D eigenvalue weighted by molar-refractivity contribution is 0.404. The van der Waals surface area contributed by atoms with E-state index in [1.165, 1.54) is 17.9 Å². The fourth-order valence-corrected chi connectivity index (χ4v) is 2.69. The summed E-state index contributed by atoms with van der Waals surface area (Å²) in [5.41, 5.74) is 6.90. The van der Waals surface area contributed by atoms with E-state index < -0.39 is 9.84 Å². The zero-order valence-electron chi connectivity index (χ0n) is 10.9. The van der Waals surface area contributed by atoms with Crippen LogP contribution in [-0.4, -0.2) is 31.6 Å². The summed E-state index contributed by atoms with van der Waals surface area (Å²) in [7, 11) is -0.226. The first kappa shape index (κ1) is 13.4. The van der Waals surface area contributed by atoms with Gasteiger partial charge in [0.2, 0.25) is 0 Å². The van der Waals surface area contributed by atoms with Crippen LogP contribution in [0.2, 0.25) is 0 Å². The molecule has 0 amide bonds. The lowest BCUT2D eigenvalue weighted by Gasteiger charge is -2.10. The number of nitrogens with zero attached hydrogens (tertiary/aromatic N) is 2. The summed E-state index contributed by atoms with van der Waals surface area (Å²) in [6.45, 7) is 0. The highest BCUT2D eigenvalue weighted by Crippen LogP contribution is 2.35. The van der Waals surface area contributed by atoms with Crippen molar-refractivity contribution in [1.82, 2.24) is 9.78 Å². The van der Waals surface area contributed by atoms with Gasteiger partial charge in [-0.1, -0.05) is 6.07 Å². The highest BCUT2D eigenvalue weighted by molar-refractivity contribution is 7.90. The third-order valence-corrected chi connectivity index (χ3v) is 3.89. The number of aromatic nitrogens is 2. The van der Waals surface area contributed by atoms with Gasteiger partial charge in [0.15, 0.2) is 9.84 Å². The molecule has 0 spiro atoms. The van der Waals surface area contributed by atoms with Crippen molar-refractivity contribution in [3.8, 4) is 17.0 Å². The van der Waals surface area contributed by atoms with Crippen LogP contribution in [0.1, 0.15) is 0 Å². The van der Waals surface area contributed by atoms with Crippen LogP contribution in [0.15, 0.2) is 29.2 Å². The molecule has 1 heterocycles. The molecule has 6 nitrogen and oxygen atoms in total. The monoisotopic (exact) mass is 281 g/mol. The lowest BCUT2D eigenvalue weighted by atomic mass is 10.1. The Bertz CT molecular complexity index is 700.